The molecule has 0 radical (unpaired) electrons. The van der Waals surface area contributed by atoms with Gasteiger partial charge in [-0.2, -0.15) is 4.98 Å². The first kappa shape index (κ1) is 19.3. The molecule has 1 aromatic heterocycles. The Balaban J connectivity index is 1.55. The molecule has 3 aromatic rings. The third-order valence-corrected chi connectivity index (χ3v) is 4.66. The first-order valence-electron chi connectivity index (χ1n) is 9.40. The van der Waals surface area contributed by atoms with Crippen molar-refractivity contribution in [1.82, 2.24) is 15.3 Å². The van der Waals surface area contributed by atoms with Crippen molar-refractivity contribution in [3.8, 4) is 5.75 Å². The number of hydrogen-bond donors (Lipinski definition) is 4. The van der Waals surface area contributed by atoms with Crippen molar-refractivity contribution >= 4 is 40.3 Å². The van der Waals surface area contributed by atoms with Crippen molar-refractivity contribution in [2.24, 2.45) is 0 Å². The van der Waals surface area contributed by atoms with Gasteiger partial charge in [0, 0.05) is 11.1 Å². The van der Waals surface area contributed by atoms with E-state index in [1.54, 1.807) is 19.2 Å². The summed E-state index contributed by atoms with van der Waals surface area (Å²) in [6.07, 6.45) is 0.0151. The van der Waals surface area contributed by atoms with Crippen molar-refractivity contribution in [2.45, 2.75) is 19.4 Å². The SMILES string of the molecule is COc1ccc2nc(NC3=[NH+][C@@H](C(=O)Nc4ccccc4)CC(=O)N3)nc(C)c2c1. The molecular formula is C21H21N6O3+. The van der Waals surface area contributed by atoms with Gasteiger partial charge in [-0.3, -0.25) is 14.6 Å². The van der Waals surface area contributed by atoms with Crippen molar-refractivity contribution in [1.29, 1.82) is 0 Å². The molecule has 30 heavy (non-hydrogen) atoms. The highest BCUT2D eigenvalue weighted by Crippen LogP contribution is 2.22. The number of aromatic nitrogens is 2. The topological polar surface area (TPSA) is 119 Å². The van der Waals surface area contributed by atoms with Crippen LogP contribution in [0.4, 0.5) is 11.6 Å². The van der Waals surface area contributed by atoms with Crippen molar-refractivity contribution < 1.29 is 19.3 Å². The molecule has 9 heteroatoms. The molecule has 2 amide bonds. The molecule has 152 valence electrons. The molecule has 2 heterocycles. The van der Waals surface area contributed by atoms with Gasteiger partial charge in [0.1, 0.15) is 5.75 Å². The number of methoxy groups -OCH3 is 1. The van der Waals surface area contributed by atoms with E-state index in [0.29, 0.717) is 11.6 Å². The van der Waals surface area contributed by atoms with Gasteiger partial charge in [0.05, 0.1) is 24.7 Å². The summed E-state index contributed by atoms with van der Waals surface area (Å²) < 4.78 is 5.25. The Morgan fingerprint density at radius 1 is 1.20 bits per heavy atom. The molecule has 2 aromatic carbocycles. The van der Waals surface area contributed by atoms with E-state index in [-0.39, 0.29) is 24.2 Å². The molecule has 4 N–H and O–H groups in total. The highest BCUT2D eigenvalue weighted by molar-refractivity contribution is 6.05. The highest BCUT2D eigenvalue weighted by atomic mass is 16.5. The molecule has 0 saturated carbocycles. The second kappa shape index (κ2) is 8.16. The van der Waals surface area contributed by atoms with Crippen LogP contribution in [0.25, 0.3) is 10.9 Å². The van der Waals surface area contributed by atoms with Crippen LogP contribution in [0.1, 0.15) is 12.1 Å². The molecule has 0 saturated heterocycles. The number of fused-ring (bicyclic) bond motifs is 1. The molecule has 4 rings (SSSR count). The van der Waals surface area contributed by atoms with Gasteiger partial charge >= 0.3 is 5.96 Å². The van der Waals surface area contributed by atoms with Gasteiger partial charge in [-0.05, 0) is 37.3 Å². The van der Waals surface area contributed by atoms with Crippen LogP contribution in [-0.2, 0) is 9.59 Å². The summed E-state index contributed by atoms with van der Waals surface area (Å²) in [7, 11) is 1.60. The number of carbonyl (C=O) groups excluding carboxylic acids is 2. The lowest BCUT2D eigenvalue weighted by atomic mass is 10.1. The Kier molecular flexibility index (Phi) is 5.25. The Labute approximate surface area is 172 Å². The number of nitrogens with zero attached hydrogens (tertiary/aromatic N) is 2. The van der Waals surface area contributed by atoms with Gasteiger partial charge in [0.2, 0.25) is 0 Å². The van der Waals surface area contributed by atoms with Crippen LogP contribution in [0.5, 0.6) is 5.75 Å². The molecule has 0 fully saturated rings. The average molecular weight is 405 g/mol. The molecule has 0 aliphatic carbocycles. The summed E-state index contributed by atoms with van der Waals surface area (Å²) in [4.78, 5) is 36.6. The second-order valence-electron chi connectivity index (χ2n) is 6.82. The predicted molar refractivity (Wildman–Crippen MR) is 112 cm³/mol. The molecule has 9 nitrogen and oxygen atoms in total. The van der Waals surface area contributed by atoms with Gasteiger partial charge in [-0.1, -0.05) is 18.2 Å². The van der Waals surface area contributed by atoms with Gasteiger partial charge < -0.3 is 10.1 Å². The van der Waals surface area contributed by atoms with Crippen molar-refractivity contribution in [3.05, 3.63) is 54.2 Å². The van der Waals surface area contributed by atoms with Crippen LogP contribution in [0.2, 0.25) is 0 Å². The first-order valence-corrected chi connectivity index (χ1v) is 9.40. The van der Waals surface area contributed by atoms with Gasteiger partial charge in [0.25, 0.3) is 17.8 Å². The molecular weight excluding hydrogens is 384 g/mol. The maximum absolute atomic E-state index is 12.6. The summed E-state index contributed by atoms with van der Waals surface area (Å²) in [5, 5.41) is 9.30. The van der Waals surface area contributed by atoms with Gasteiger partial charge in [0.15, 0.2) is 6.04 Å². The number of para-hydroxylation sites is 1. The second-order valence-corrected chi connectivity index (χ2v) is 6.82. The van der Waals surface area contributed by atoms with Gasteiger partial charge in [-0.25, -0.2) is 15.6 Å². The van der Waals surface area contributed by atoms with E-state index in [9.17, 15) is 9.59 Å². The van der Waals surface area contributed by atoms with E-state index in [1.807, 2.05) is 43.3 Å². The van der Waals surface area contributed by atoms with Crippen molar-refractivity contribution in [2.75, 3.05) is 17.7 Å². The minimum Gasteiger partial charge on any atom is -0.497 e. The number of rotatable bonds is 4. The number of anilines is 2. The van der Waals surface area contributed by atoms with E-state index in [0.717, 1.165) is 22.3 Å². The number of nitrogens with one attached hydrogen (secondary N) is 4. The molecule has 0 bridgehead atoms. The van der Waals surface area contributed by atoms with Crippen LogP contribution in [0, 0.1) is 6.92 Å². The monoisotopic (exact) mass is 405 g/mol. The Hall–Kier alpha value is -4.01. The fraction of sp³-hybridized carbons (Fsp3) is 0.190. The summed E-state index contributed by atoms with van der Waals surface area (Å²) in [6.45, 7) is 1.86. The minimum absolute atomic E-state index is 0.0151. The fourth-order valence-corrected chi connectivity index (χ4v) is 3.17. The normalized spacial score (nSPS) is 15.9. The molecule has 0 spiro atoms. The number of benzene rings is 2. The first-order chi connectivity index (χ1) is 14.5. The van der Waals surface area contributed by atoms with Crippen LogP contribution in [-0.4, -0.2) is 40.9 Å². The third kappa shape index (κ3) is 4.19. The maximum Gasteiger partial charge on any atom is 0.358 e. The Bertz CT molecular complexity index is 1150. The van der Waals surface area contributed by atoms with Crippen LogP contribution in [0.15, 0.2) is 48.5 Å². The van der Waals surface area contributed by atoms with E-state index in [1.165, 1.54) is 0 Å². The quantitative estimate of drug-likeness (QED) is 0.497. The number of guanidine groups is 1. The number of carbonyl (C=O) groups is 2. The number of ether oxygens (including phenoxy) is 1. The average Bonchev–Trinajstić information content (AvgIpc) is 2.74. The summed E-state index contributed by atoms with van der Waals surface area (Å²) in [6, 6.07) is 13.9. The summed E-state index contributed by atoms with van der Waals surface area (Å²) in [5.41, 5.74) is 2.14. The Morgan fingerprint density at radius 3 is 2.77 bits per heavy atom. The van der Waals surface area contributed by atoms with Crippen LogP contribution >= 0.6 is 0 Å². The predicted octanol–water partition coefficient (Wildman–Crippen LogP) is 0.323. The number of hydrogen-bond acceptors (Lipinski definition) is 6. The zero-order chi connectivity index (χ0) is 21.1. The zero-order valence-electron chi connectivity index (χ0n) is 16.5. The Morgan fingerprint density at radius 2 is 2.00 bits per heavy atom. The van der Waals surface area contributed by atoms with Gasteiger partial charge in [-0.15, -0.1) is 0 Å². The fourth-order valence-electron chi connectivity index (χ4n) is 3.17. The lowest BCUT2D eigenvalue weighted by Crippen LogP contribution is -2.89. The molecule has 0 unspecified atom stereocenters. The van der Waals surface area contributed by atoms with E-state index in [2.05, 4.69) is 30.9 Å². The van der Waals surface area contributed by atoms with E-state index < -0.39 is 6.04 Å². The smallest absolute Gasteiger partial charge is 0.358 e. The van der Waals surface area contributed by atoms with E-state index >= 15 is 0 Å². The molecule has 1 atom stereocenters. The van der Waals surface area contributed by atoms with E-state index in [4.69, 9.17) is 4.74 Å². The van der Waals surface area contributed by atoms with Crippen LogP contribution < -0.4 is 25.7 Å². The molecule has 1 aliphatic heterocycles. The summed E-state index contributed by atoms with van der Waals surface area (Å²) >= 11 is 0. The van der Waals surface area contributed by atoms with Crippen LogP contribution in [0.3, 0.4) is 0 Å². The highest BCUT2D eigenvalue weighted by Gasteiger charge is 2.31. The number of amides is 2. The minimum atomic E-state index is -0.729. The third-order valence-electron chi connectivity index (χ3n) is 4.66. The van der Waals surface area contributed by atoms with Crippen molar-refractivity contribution in [3.63, 3.8) is 0 Å². The lowest BCUT2D eigenvalue weighted by Gasteiger charge is -2.16. The largest absolute Gasteiger partial charge is 0.497 e. The maximum atomic E-state index is 12.6. The molecule has 1 aliphatic rings. The lowest BCUT2D eigenvalue weighted by molar-refractivity contribution is -0.490. The zero-order valence-corrected chi connectivity index (χ0v) is 16.5. The summed E-state index contributed by atoms with van der Waals surface area (Å²) in [5.74, 6) is 0.686. The number of aryl methyl sites for hydroxylation is 1. The standard InChI is InChI=1S/C21H20N6O3/c1-12-15-10-14(30-2)8-9-16(15)24-20(22-12)27-21-25-17(11-18(28)26-21)19(29)23-13-6-4-3-5-7-13/h3-10,17H,11H2,1-2H3,(H,23,29)(H2,22,24,25,26,27,28)/p+1/t17-/m1/s1.